The highest BCUT2D eigenvalue weighted by Crippen LogP contribution is 2.34. The van der Waals surface area contributed by atoms with E-state index in [1.165, 1.54) is 12.1 Å². The van der Waals surface area contributed by atoms with Gasteiger partial charge in [-0.05, 0) is 68.3 Å². The zero-order valence-corrected chi connectivity index (χ0v) is 24.2. The van der Waals surface area contributed by atoms with Gasteiger partial charge in [-0.3, -0.25) is 14.4 Å². The van der Waals surface area contributed by atoms with Crippen molar-refractivity contribution in [2.75, 3.05) is 30.7 Å². The maximum Gasteiger partial charge on any atom is 0.267 e. The average molecular weight is 579 g/mol. The van der Waals surface area contributed by atoms with Crippen molar-refractivity contribution in [2.45, 2.75) is 80.0 Å². The van der Waals surface area contributed by atoms with Gasteiger partial charge in [0.2, 0.25) is 0 Å². The molecule has 39 heavy (non-hydrogen) atoms. The third-order valence-electron chi connectivity index (χ3n) is 6.75. The highest BCUT2D eigenvalue weighted by molar-refractivity contribution is 7.99. The van der Waals surface area contributed by atoms with E-state index in [-0.39, 0.29) is 30.1 Å². The number of hydrogen-bond acceptors (Lipinski definition) is 6. The number of nitrogens with zero attached hydrogens (tertiary/aromatic N) is 2. The summed E-state index contributed by atoms with van der Waals surface area (Å²) in [4.78, 5) is 15.8. The second kappa shape index (κ2) is 15.4. The number of carbonyl (C=O) groups is 1. The molecule has 1 unspecified atom stereocenters. The van der Waals surface area contributed by atoms with Crippen LogP contribution in [-0.4, -0.2) is 54.1 Å². The standard InChI is InChI=1S/C27H31F3N4OS2.C2H6/c28-20-16-34(17-20)12-9-21(18-36-22-7-3-1-4-8-22)32-25-19(15-31)13-23(14-24(25)29)37-33-26(35)27(30)10-5-2-6-11-27;1-2/h1,3-4,7-8,13-14,20-21,32H,2,5-6,9-12,16-18H2,(H,33,35);1-2H3. The molecule has 0 radical (unpaired) electrons. The maximum atomic E-state index is 15.2. The molecule has 2 aromatic rings. The van der Waals surface area contributed by atoms with E-state index in [9.17, 15) is 18.8 Å². The first-order valence-electron chi connectivity index (χ1n) is 13.6. The molecule has 1 aliphatic heterocycles. The lowest BCUT2D eigenvalue weighted by molar-refractivity contribution is -0.132. The van der Waals surface area contributed by atoms with Gasteiger partial charge in [-0.15, -0.1) is 11.8 Å². The highest BCUT2D eigenvalue weighted by atomic mass is 32.2. The fourth-order valence-corrected chi connectivity index (χ4v) is 6.28. The smallest absolute Gasteiger partial charge is 0.267 e. The van der Waals surface area contributed by atoms with Crippen LogP contribution < -0.4 is 10.0 Å². The topological polar surface area (TPSA) is 68.2 Å². The van der Waals surface area contributed by atoms with Crippen LogP contribution in [0, 0.1) is 17.1 Å². The Morgan fingerprint density at radius 2 is 1.85 bits per heavy atom. The van der Waals surface area contributed by atoms with Crippen molar-refractivity contribution in [1.82, 2.24) is 9.62 Å². The molecule has 5 nitrogen and oxygen atoms in total. The number of carbonyl (C=O) groups excluding carboxylic acids is 1. The molecule has 2 N–H and O–H groups in total. The van der Waals surface area contributed by atoms with Gasteiger partial charge in [-0.1, -0.05) is 38.5 Å². The summed E-state index contributed by atoms with van der Waals surface area (Å²) in [7, 11) is 0. The van der Waals surface area contributed by atoms with Crippen molar-refractivity contribution in [3.8, 4) is 6.07 Å². The summed E-state index contributed by atoms with van der Waals surface area (Å²) < 4.78 is 45.9. The SMILES string of the molecule is CC.N#Cc1cc(SNC(=O)C2(F)CCCCC2)cc(F)c1NC(CCN1CC(F)C1)CSc1ccccc1. The maximum absolute atomic E-state index is 15.2. The van der Waals surface area contributed by atoms with Crippen molar-refractivity contribution in [3.63, 3.8) is 0 Å². The van der Waals surface area contributed by atoms with Crippen molar-refractivity contribution in [2.24, 2.45) is 0 Å². The number of likely N-dealkylation sites (tertiary alicyclic amines) is 1. The number of nitriles is 1. The molecule has 1 aliphatic carbocycles. The van der Waals surface area contributed by atoms with Gasteiger partial charge in [0, 0.05) is 41.2 Å². The monoisotopic (exact) mass is 578 g/mol. The lowest BCUT2D eigenvalue weighted by Gasteiger charge is -2.35. The Morgan fingerprint density at radius 3 is 2.49 bits per heavy atom. The predicted octanol–water partition coefficient (Wildman–Crippen LogP) is 7.14. The Bertz CT molecular complexity index is 1100. The van der Waals surface area contributed by atoms with E-state index < -0.39 is 23.6 Å². The van der Waals surface area contributed by atoms with Crippen LogP contribution in [0.15, 0.2) is 52.3 Å². The quantitative estimate of drug-likeness (QED) is 0.218. The van der Waals surface area contributed by atoms with Gasteiger partial charge in [0.05, 0.1) is 11.3 Å². The fourth-order valence-electron chi connectivity index (χ4n) is 4.55. The second-order valence-corrected chi connectivity index (χ2v) is 11.6. The van der Waals surface area contributed by atoms with E-state index in [0.29, 0.717) is 49.5 Å². The van der Waals surface area contributed by atoms with Crippen LogP contribution >= 0.6 is 23.7 Å². The molecule has 0 aromatic heterocycles. The summed E-state index contributed by atoms with van der Waals surface area (Å²) in [6, 6.07) is 14.5. The molecule has 1 amide bonds. The molecular formula is C29H37F3N4OS2. The van der Waals surface area contributed by atoms with Crippen LogP contribution in [0.4, 0.5) is 18.9 Å². The minimum absolute atomic E-state index is 0.0954. The number of alkyl halides is 2. The summed E-state index contributed by atoms with van der Waals surface area (Å²) in [5.74, 6) is -0.699. The minimum atomic E-state index is -1.90. The molecular weight excluding hydrogens is 541 g/mol. The van der Waals surface area contributed by atoms with E-state index in [1.807, 2.05) is 55.1 Å². The number of rotatable bonds is 11. The highest BCUT2D eigenvalue weighted by Gasteiger charge is 2.39. The van der Waals surface area contributed by atoms with Gasteiger partial charge in [-0.2, -0.15) is 5.26 Å². The van der Waals surface area contributed by atoms with Crippen molar-refractivity contribution in [3.05, 3.63) is 53.8 Å². The average Bonchev–Trinajstić information content (AvgIpc) is 2.94. The van der Waals surface area contributed by atoms with Crippen molar-refractivity contribution >= 4 is 35.3 Å². The van der Waals surface area contributed by atoms with E-state index in [0.717, 1.165) is 23.3 Å². The van der Waals surface area contributed by atoms with Crippen LogP contribution in [0.3, 0.4) is 0 Å². The Kier molecular flexibility index (Phi) is 12.3. The number of nitrogens with one attached hydrogen (secondary N) is 2. The van der Waals surface area contributed by atoms with Crippen LogP contribution in [0.1, 0.15) is 57.9 Å². The fraction of sp³-hybridized carbons (Fsp3) is 0.517. The normalized spacial score (nSPS) is 17.6. The number of benzene rings is 2. The Morgan fingerprint density at radius 1 is 1.15 bits per heavy atom. The molecule has 1 saturated heterocycles. The lowest BCUT2D eigenvalue weighted by atomic mass is 9.86. The minimum Gasteiger partial charge on any atom is -0.378 e. The molecule has 212 valence electrons. The van der Waals surface area contributed by atoms with Gasteiger partial charge in [-0.25, -0.2) is 13.2 Å². The molecule has 1 atom stereocenters. The molecule has 2 fully saturated rings. The first kappa shape index (κ1) is 31.2. The first-order chi connectivity index (χ1) is 18.9. The third kappa shape index (κ3) is 9.09. The van der Waals surface area contributed by atoms with E-state index >= 15 is 4.39 Å². The zero-order chi connectivity index (χ0) is 28.3. The molecule has 4 rings (SSSR count). The number of thioether (sulfide) groups is 1. The Balaban J connectivity index is 0.00000205. The Hall–Kier alpha value is -2.35. The largest absolute Gasteiger partial charge is 0.378 e. The molecule has 10 heteroatoms. The van der Waals surface area contributed by atoms with Gasteiger partial charge in [0.15, 0.2) is 5.67 Å². The van der Waals surface area contributed by atoms with Gasteiger partial charge < -0.3 is 5.32 Å². The third-order valence-corrected chi connectivity index (χ3v) is 8.68. The van der Waals surface area contributed by atoms with Gasteiger partial charge in [0.25, 0.3) is 5.91 Å². The van der Waals surface area contributed by atoms with Gasteiger partial charge in [0.1, 0.15) is 18.1 Å². The lowest BCUT2D eigenvalue weighted by Crippen LogP contribution is -2.49. The van der Waals surface area contributed by atoms with Crippen LogP contribution in [0.5, 0.6) is 0 Å². The van der Waals surface area contributed by atoms with Gasteiger partial charge >= 0.3 is 0 Å². The number of halogens is 3. The molecule has 1 saturated carbocycles. The molecule has 0 bridgehead atoms. The van der Waals surface area contributed by atoms with Crippen LogP contribution in [0.25, 0.3) is 0 Å². The van der Waals surface area contributed by atoms with E-state index in [2.05, 4.69) is 10.0 Å². The number of anilines is 1. The van der Waals surface area contributed by atoms with Crippen LogP contribution in [0.2, 0.25) is 0 Å². The number of amides is 1. The van der Waals surface area contributed by atoms with Crippen molar-refractivity contribution < 1.29 is 18.0 Å². The molecule has 2 aromatic carbocycles. The molecule has 0 spiro atoms. The number of hydrogen-bond donors (Lipinski definition) is 2. The zero-order valence-electron chi connectivity index (χ0n) is 22.5. The Labute approximate surface area is 238 Å². The van der Waals surface area contributed by atoms with E-state index in [4.69, 9.17) is 0 Å². The van der Waals surface area contributed by atoms with Crippen molar-refractivity contribution in [1.29, 1.82) is 5.26 Å². The second-order valence-electron chi connectivity index (χ2n) is 9.61. The summed E-state index contributed by atoms with van der Waals surface area (Å²) in [6.45, 7) is 5.49. The summed E-state index contributed by atoms with van der Waals surface area (Å²) in [5, 5.41) is 12.9. The molecule has 2 aliphatic rings. The summed E-state index contributed by atoms with van der Waals surface area (Å²) in [5.41, 5.74) is -1.70. The van der Waals surface area contributed by atoms with Crippen LogP contribution in [-0.2, 0) is 4.79 Å². The summed E-state index contributed by atoms with van der Waals surface area (Å²) in [6.07, 6.45) is 2.48. The predicted molar refractivity (Wildman–Crippen MR) is 154 cm³/mol. The van der Waals surface area contributed by atoms with E-state index in [1.54, 1.807) is 11.8 Å². The first-order valence-corrected chi connectivity index (χ1v) is 15.4. The summed E-state index contributed by atoms with van der Waals surface area (Å²) >= 11 is 2.44. The molecule has 1 heterocycles.